The summed E-state index contributed by atoms with van der Waals surface area (Å²) in [5.74, 6) is -1.54. The zero-order chi connectivity index (χ0) is 13.7. The van der Waals surface area contributed by atoms with E-state index in [1.165, 1.54) is 0 Å². The highest BCUT2D eigenvalue weighted by atomic mass is 79.9. The lowest BCUT2D eigenvalue weighted by Crippen LogP contribution is -2.30. The monoisotopic (exact) mass is 314 g/mol. The molecule has 1 amide bonds. The Bertz CT molecular complexity index is 463. The van der Waals surface area contributed by atoms with Crippen LogP contribution in [0.2, 0.25) is 0 Å². The zero-order valence-electron chi connectivity index (χ0n) is 9.94. The fourth-order valence-corrected chi connectivity index (χ4v) is 1.95. The van der Waals surface area contributed by atoms with Crippen LogP contribution in [0.5, 0.6) is 0 Å². The Morgan fingerprint density at radius 3 is 2.67 bits per heavy atom. The number of amides is 1. The number of carbonyl (C=O) groups is 2. The van der Waals surface area contributed by atoms with E-state index < -0.39 is 17.9 Å². The Balaban J connectivity index is 3.03. The summed E-state index contributed by atoms with van der Waals surface area (Å²) in [6.07, 6.45) is 1.20. The molecule has 1 aromatic rings. The number of halogens is 1. The second kappa shape index (κ2) is 6.39. The van der Waals surface area contributed by atoms with Gasteiger partial charge >= 0.3 is 5.97 Å². The quantitative estimate of drug-likeness (QED) is 0.750. The van der Waals surface area contributed by atoms with Gasteiger partial charge in [0.1, 0.15) is 6.04 Å². The predicted molar refractivity (Wildman–Crippen MR) is 72.6 cm³/mol. The van der Waals surface area contributed by atoms with Crippen molar-refractivity contribution in [1.82, 2.24) is 0 Å². The summed E-state index contributed by atoms with van der Waals surface area (Å²) < 4.78 is 0.746. The van der Waals surface area contributed by atoms with Crippen LogP contribution in [0.1, 0.15) is 30.1 Å². The molecule has 0 heterocycles. The minimum Gasteiger partial charge on any atom is -0.480 e. The van der Waals surface area contributed by atoms with E-state index in [1.54, 1.807) is 18.2 Å². The van der Waals surface area contributed by atoms with E-state index in [0.29, 0.717) is 12.1 Å². The van der Waals surface area contributed by atoms with Gasteiger partial charge in [0.15, 0.2) is 0 Å². The third kappa shape index (κ3) is 3.73. The van der Waals surface area contributed by atoms with Gasteiger partial charge in [-0.3, -0.25) is 4.79 Å². The van der Waals surface area contributed by atoms with Crippen molar-refractivity contribution >= 4 is 33.5 Å². The summed E-state index contributed by atoms with van der Waals surface area (Å²) in [7, 11) is 0. The van der Waals surface area contributed by atoms with Crippen molar-refractivity contribution in [2.75, 3.05) is 5.32 Å². The van der Waals surface area contributed by atoms with Crippen molar-refractivity contribution in [2.24, 2.45) is 5.73 Å². The van der Waals surface area contributed by atoms with Gasteiger partial charge in [-0.1, -0.05) is 29.3 Å². The van der Waals surface area contributed by atoms with Crippen LogP contribution >= 0.6 is 15.9 Å². The fraction of sp³-hybridized carbons (Fsp3) is 0.333. The second-order valence-corrected chi connectivity index (χ2v) is 4.79. The minimum absolute atomic E-state index is 0.278. The highest BCUT2D eigenvalue weighted by Crippen LogP contribution is 2.22. The van der Waals surface area contributed by atoms with Gasteiger partial charge < -0.3 is 16.2 Å². The second-order valence-electron chi connectivity index (χ2n) is 3.88. The topological polar surface area (TPSA) is 92.4 Å². The van der Waals surface area contributed by atoms with E-state index in [1.807, 2.05) is 6.92 Å². The first kappa shape index (κ1) is 14.5. The van der Waals surface area contributed by atoms with Crippen molar-refractivity contribution < 1.29 is 14.7 Å². The number of carbonyl (C=O) groups excluding carboxylic acids is 1. The van der Waals surface area contributed by atoms with Crippen LogP contribution in [0.15, 0.2) is 22.7 Å². The molecular weight excluding hydrogens is 300 g/mol. The Morgan fingerprint density at radius 1 is 1.50 bits per heavy atom. The van der Waals surface area contributed by atoms with Gasteiger partial charge in [0, 0.05) is 10.2 Å². The number of hydrogen-bond acceptors (Lipinski definition) is 3. The molecule has 0 saturated carbocycles. The van der Waals surface area contributed by atoms with Crippen molar-refractivity contribution in [1.29, 1.82) is 0 Å². The van der Waals surface area contributed by atoms with Crippen molar-refractivity contribution in [3.8, 4) is 0 Å². The summed E-state index contributed by atoms with van der Waals surface area (Å²) in [6, 6.07) is 4.15. The summed E-state index contributed by atoms with van der Waals surface area (Å²) in [4.78, 5) is 22.3. The summed E-state index contributed by atoms with van der Waals surface area (Å²) >= 11 is 3.27. The van der Waals surface area contributed by atoms with Crippen LogP contribution < -0.4 is 11.1 Å². The molecule has 5 nitrogen and oxygen atoms in total. The van der Waals surface area contributed by atoms with Gasteiger partial charge in [-0.15, -0.1) is 0 Å². The third-order valence-corrected chi connectivity index (χ3v) is 2.95. The molecule has 1 rings (SSSR count). The molecule has 4 N–H and O–H groups in total. The lowest BCUT2D eigenvalue weighted by atomic mass is 10.1. The van der Waals surface area contributed by atoms with Gasteiger partial charge in [0.05, 0.1) is 5.56 Å². The number of rotatable bonds is 6. The molecule has 0 aromatic heterocycles. The minimum atomic E-state index is -0.952. The molecular formula is C12H15BrN2O3. The summed E-state index contributed by atoms with van der Waals surface area (Å²) in [6.45, 7) is 1.90. The molecule has 6 heteroatoms. The number of nitrogens with two attached hydrogens (primary N) is 1. The first-order chi connectivity index (χ1) is 8.45. The van der Waals surface area contributed by atoms with Gasteiger partial charge in [-0.25, -0.2) is 4.79 Å². The van der Waals surface area contributed by atoms with Gasteiger partial charge in [0.2, 0.25) is 0 Å². The number of carboxylic acids is 1. The van der Waals surface area contributed by atoms with Crippen molar-refractivity contribution in [3.63, 3.8) is 0 Å². The van der Waals surface area contributed by atoms with Crippen LogP contribution in [0.25, 0.3) is 0 Å². The molecule has 1 unspecified atom stereocenters. The van der Waals surface area contributed by atoms with Crippen LogP contribution in [-0.4, -0.2) is 23.0 Å². The molecule has 18 heavy (non-hydrogen) atoms. The number of carboxylic acid groups (broad SMARTS) is 1. The molecule has 0 fully saturated rings. The number of anilines is 1. The Kier molecular flexibility index (Phi) is 5.15. The number of aliphatic carboxylic acids is 1. The molecule has 0 aliphatic heterocycles. The number of primary amides is 1. The van der Waals surface area contributed by atoms with E-state index in [9.17, 15) is 9.59 Å². The van der Waals surface area contributed by atoms with Crippen LogP contribution in [-0.2, 0) is 4.79 Å². The maximum atomic E-state index is 11.3. The van der Waals surface area contributed by atoms with E-state index in [-0.39, 0.29) is 5.56 Å². The van der Waals surface area contributed by atoms with Crippen LogP contribution in [0.4, 0.5) is 5.69 Å². The van der Waals surface area contributed by atoms with Crippen molar-refractivity contribution in [3.05, 3.63) is 28.2 Å². The van der Waals surface area contributed by atoms with Gasteiger partial charge in [-0.2, -0.15) is 0 Å². The molecule has 1 aromatic carbocycles. The van der Waals surface area contributed by atoms with Crippen LogP contribution in [0, 0.1) is 0 Å². The van der Waals surface area contributed by atoms with E-state index in [0.717, 1.165) is 10.9 Å². The summed E-state index contributed by atoms with van der Waals surface area (Å²) in [5, 5.41) is 11.9. The van der Waals surface area contributed by atoms with Gasteiger partial charge in [0.25, 0.3) is 5.91 Å². The zero-order valence-corrected chi connectivity index (χ0v) is 11.5. The molecule has 0 bridgehead atoms. The first-order valence-corrected chi connectivity index (χ1v) is 6.33. The molecule has 0 spiro atoms. The molecule has 0 radical (unpaired) electrons. The van der Waals surface area contributed by atoms with Crippen molar-refractivity contribution in [2.45, 2.75) is 25.8 Å². The van der Waals surface area contributed by atoms with Crippen LogP contribution in [0.3, 0.4) is 0 Å². The molecule has 0 aliphatic rings. The highest BCUT2D eigenvalue weighted by molar-refractivity contribution is 9.10. The summed E-state index contributed by atoms with van der Waals surface area (Å²) in [5.41, 5.74) is 5.96. The average Bonchev–Trinajstić information content (AvgIpc) is 2.28. The Labute approximate surface area is 113 Å². The smallest absolute Gasteiger partial charge is 0.326 e. The predicted octanol–water partition coefficient (Wildman–Crippen LogP) is 2.21. The Hall–Kier alpha value is -1.56. The lowest BCUT2D eigenvalue weighted by Gasteiger charge is -2.17. The molecule has 98 valence electrons. The Morgan fingerprint density at radius 2 is 2.17 bits per heavy atom. The lowest BCUT2D eigenvalue weighted by molar-refractivity contribution is -0.138. The number of hydrogen-bond donors (Lipinski definition) is 3. The van der Waals surface area contributed by atoms with Gasteiger partial charge in [-0.05, 0) is 24.6 Å². The van der Waals surface area contributed by atoms with E-state index >= 15 is 0 Å². The molecule has 1 atom stereocenters. The standard InChI is InChI=1S/C12H15BrN2O3/c1-2-3-9(12(17)18)15-10-6-7(13)4-5-8(10)11(14)16/h4-6,9,15H,2-3H2,1H3,(H2,14,16)(H,17,18). The van der Waals surface area contributed by atoms with E-state index in [2.05, 4.69) is 21.2 Å². The number of benzene rings is 1. The normalized spacial score (nSPS) is 11.9. The largest absolute Gasteiger partial charge is 0.480 e. The van der Waals surface area contributed by atoms with E-state index in [4.69, 9.17) is 10.8 Å². The SMILES string of the molecule is CCCC(Nc1cc(Br)ccc1C(N)=O)C(=O)O. The fourth-order valence-electron chi connectivity index (χ4n) is 1.58. The molecule has 0 aliphatic carbocycles. The average molecular weight is 315 g/mol. The maximum absolute atomic E-state index is 11.3. The maximum Gasteiger partial charge on any atom is 0.326 e. The highest BCUT2D eigenvalue weighted by Gasteiger charge is 2.18. The molecule has 0 saturated heterocycles. The first-order valence-electron chi connectivity index (χ1n) is 5.54. The number of nitrogens with one attached hydrogen (secondary N) is 1. The third-order valence-electron chi connectivity index (χ3n) is 2.45.